The zero-order valence-electron chi connectivity index (χ0n) is 8.05. The summed E-state index contributed by atoms with van der Waals surface area (Å²) < 4.78 is 26.2. The van der Waals surface area contributed by atoms with E-state index >= 15 is 0 Å². The lowest BCUT2D eigenvalue weighted by molar-refractivity contribution is 0.545. The first-order valence-electron chi connectivity index (χ1n) is 4.82. The van der Waals surface area contributed by atoms with Crippen molar-refractivity contribution in [1.29, 1.82) is 0 Å². The van der Waals surface area contributed by atoms with Gasteiger partial charge in [0.05, 0.1) is 0 Å². The molecule has 1 aliphatic rings. The lowest BCUT2D eigenvalue weighted by Crippen LogP contribution is -2.15. The second-order valence-electron chi connectivity index (χ2n) is 3.75. The minimum atomic E-state index is -0.386. The molecule has 0 radical (unpaired) electrons. The number of thioether (sulfide) groups is 1. The van der Waals surface area contributed by atoms with Gasteiger partial charge in [-0.05, 0) is 41.9 Å². The predicted molar refractivity (Wildman–Crippen MR) is 60.5 cm³/mol. The molecule has 0 nitrogen and oxygen atoms in total. The summed E-state index contributed by atoms with van der Waals surface area (Å²) >= 11 is 7.85. The highest BCUT2D eigenvalue weighted by atomic mass is 35.5. The Labute approximate surface area is 97.0 Å². The van der Waals surface area contributed by atoms with Gasteiger partial charge in [0.2, 0.25) is 0 Å². The Morgan fingerprint density at radius 3 is 2.80 bits per heavy atom. The van der Waals surface area contributed by atoms with E-state index in [9.17, 15) is 8.78 Å². The van der Waals surface area contributed by atoms with E-state index in [-0.39, 0.29) is 22.9 Å². The summed E-state index contributed by atoms with van der Waals surface area (Å²) in [6.45, 7) is 0. The Morgan fingerprint density at radius 2 is 2.13 bits per heavy atom. The summed E-state index contributed by atoms with van der Waals surface area (Å²) in [6.07, 6.45) is 0.532. The molecule has 0 spiro atoms. The molecule has 0 aliphatic carbocycles. The third-order valence-corrected chi connectivity index (χ3v) is 4.56. The molecule has 1 aliphatic heterocycles. The molecule has 2 rings (SSSR count). The Morgan fingerprint density at radius 1 is 1.33 bits per heavy atom. The van der Waals surface area contributed by atoms with Crippen LogP contribution < -0.4 is 0 Å². The average Bonchev–Trinajstić information content (AvgIpc) is 2.58. The highest BCUT2D eigenvalue weighted by Gasteiger charge is 2.26. The van der Waals surface area contributed by atoms with Gasteiger partial charge < -0.3 is 0 Å². The predicted octanol–water partition coefficient (Wildman–Crippen LogP) is 3.48. The molecule has 82 valence electrons. The summed E-state index contributed by atoms with van der Waals surface area (Å²) in [4.78, 5) is 0. The van der Waals surface area contributed by atoms with E-state index in [1.54, 1.807) is 11.8 Å². The van der Waals surface area contributed by atoms with Crippen molar-refractivity contribution in [2.45, 2.75) is 11.8 Å². The summed E-state index contributed by atoms with van der Waals surface area (Å²) in [5, 5.41) is 0.0812. The second kappa shape index (κ2) is 4.71. The first-order chi connectivity index (χ1) is 7.16. The molecule has 1 fully saturated rings. The average molecular weight is 249 g/mol. The molecule has 1 aromatic carbocycles. The molecule has 2 atom stereocenters. The quantitative estimate of drug-likeness (QED) is 0.722. The van der Waals surface area contributed by atoms with E-state index in [0.29, 0.717) is 12.0 Å². The van der Waals surface area contributed by atoms with Crippen molar-refractivity contribution in [3.05, 3.63) is 35.4 Å². The molecule has 4 heteroatoms. The van der Waals surface area contributed by atoms with E-state index < -0.39 is 0 Å². The molecule has 0 bridgehead atoms. The van der Waals surface area contributed by atoms with E-state index in [1.165, 1.54) is 12.1 Å². The summed E-state index contributed by atoms with van der Waals surface area (Å²) in [5.41, 5.74) is 0.438. The molecule has 0 aromatic heterocycles. The molecular weight excluding hydrogens is 238 g/mol. The Kier molecular flexibility index (Phi) is 3.52. The van der Waals surface area contributed by atoms with Crippen molar-refractivity contribution in [3.63, 3.8) is 0 Å². The largest absolute Gasteiger partial charge is 0.207 e. The van der Waals surface area contributed by atoms with Crippen molar-refractivity contribution >= 4 is 23.4 Å². The molecule has 2 unspecified atom stereocenters. The van der Waals surface area contributed by atoms with Crippen LogP contribution in [0.1, 0.15) is 5.56 Å². The van der Waals surface area contributed by atoms with Crippen LogP contribution in [0.15, 0.2) is 18.2 Å². The highest BCUT2D eigenvalue weighted by molar-refractivity contribution is 7.99. The van der Waals surface area contributed by atoms with Crippen LogP contribution in [0.5, 0.6) is 0 Å². The van der Waals surface area contributed by atoms with Crippen LogP contribution in [0, 0.1) is 17.6 Å². The fourth-order valence-electron chi connectivity index (χ4n) is 1.74. The van der Waals surface area contributed by atoms with Crippen LogP contribution in [-0.2, 0) is 6.42 Å². The Bertz CT molecular complexity index is 356. The second-order valence-corrected chi connectivity index (χ2v) is 5.39. The van der Waals surface area contributed by atoms with E-state index in [0.717, 1.165) is 17.6 Å². The monoisotopic (exact) mass is 248 g/mol. The van der Waals surface area contributed by atoms with Gasteiger partial charge in [-0.2, -0.15) is 11.8 Å². The van der Waals surface area contributed by atoms with Gasteiger partial charge in [0, 0.05) is 11.1 Å². The van der Waals surface area contributed by atoms with Gasteiger partial charge in [0.1, 0.15) is 11.6 Å². The number of alkyl halides is 1. The van der Waals surface area contributed by atoms with Gasteiger partial charge in [-0.1, -0.05) is 0 Å². The Hall–Kier alpha value is -0.280. The third-order valence-electron chi connectivity index (χ3n) is 2.61. The zero-order chi connectivity index (χ0) is 10.8. The number of halogens is 3. The standard InChI is InChI=1S/C11H11ClF2S/c12-10-6-15-5-8(10)3-7-4-9(13)1-2-11(7)14/h1-2,4,8,10H,3,5-6H2. The first kappa shape index (κ1) is 11.2. The van der Waals surface area contributed by atoms with Crippen molar-refractivity contribution in [2.75, 3.05) is 11.5 Å². The SMILES string of the molecule is Fc1ccc(F)c(CC2CSCC2Cl)c1. The molecule has 0 saturated carbocycles. The molecule has 1 heterocycles. The normalized spacial score (nSPS) is 25.8. The topological polar surface area (TPSA) is 0 Å². The van der Waals surface area contributed by atoms with Crippen molar-refractivity contribution in [1.82, 2.24) is 0 Å². The smallest absolute Gasteiger partial charge is 0.126 e. The minimum Gasteiger partial charge on any atom is -0.207 e. The van der Waals surface area contributed by atoms with Gasteiger partial charge in [0.15, 0.2) is 0 Å². The maximum Gasteiger partial charge on any atom is 0.126 e. The lowest BCUT2D eigenvalue weighted by Gasteiger charge is -2.13. The van der Waals surface area contributed by atoms with Gasteiger partial charge in [-0.3, -0.25) is 0 Å². The zero-order valence-corrected chi connectivity index (χ0v) is 9.62. The fraction of sp³-hybridized carbons (Fsp3) is 0.455. The Balaban J connectivity index is 2.12. The number of rotatable bonds is 2. The first-order valence-corrected chi connectivity index (χ1v) is 6.41. The molecule has 1 aromatic rings. The number of hydrogen-bond acceptors (Lipinski definition) is 1. The molecule has 1 saturated heterocycles. The molecular formula is C11H11ClF2S. The number of hydrogen-bond donors (Lipinski definition) is 0. The number of benzene rings is 1. The lowest BCUT2D eigenvalue weighted by atomic mass is 9.98. The third kappa shape index (κ3) is 2.64. The van der Waals surface area contributed by atoms with Crippen molar-refractivity contribution in [3.8, 4) is 0 Å². The van der Waals surface area contributed by atoms with E-state index in [2.05, 4.69) is 0 Å². The minimum absolute atomic E-state index is 0.0812. The van der Waals surface area contributed by atoms with Crippen LogP contribution in [0.4, 0.5) is 8.78 Å². The van der Waals surface area contributed by atoms with Crippen molar-refractivity contribution < 1.29 is 8.78 Å². The van der Waals surface area contributed by atoms with E-state index in [1.807, 2.05) is 0 Å². The summed E-state index contributed by atoms with van der Waals surface area (Å²) in [6, 6.07) is 3.58. The summed E-state index contributed by atoms with van der Waals surface area (Å²) in [5.74, 6) is 1.38. The van der Waals surface area contributed by atoms with Crippen LogP contribution in [0.2, 0.25) is 0 Å². The van der Waals surface area contributed by atoms with Gasteiger partial charge in [-0.15, -0.1) is 11.6 Å². The van der Waals surface area contributed by atoms with E-state index in [4.69, 9.17) is 11.6 Å². The maximum absolute atomic E-state index is 13.3. The van der Waals surface area contributed by atoms with Crippen molar-refractivity contribution in [2.24, 2.45) is 5.92 Å². The van der Waals surface area contributed by atoms with Gasteiger partial charge >= 0.3 is 0 Å². The van der Waals surface area contributed by atoms with Crippen LogP contribution in [-0.4, -0.2) is 16.9 Å². The van der Waals surface area contributed by atoms with Crippen LogP contribution >= 0.6 is 23.4 Å². The maximum atomic E-state index is 13.3. The summed E-state index contributed by atoms with van der Waals surface area (Å²) in [7, 11) is 0. The molecule has 0 N–H and O–H groups in total. The molecule has 15 heavy (non-hydrogen) atoms. The fourth-order valence-corrected chi connectivity index (χ4v) is 3.58. The van der Waals surface area contributed by atoms with Crippen LogP contribution in [0.3, 0.4) is 0 Å². The highest BCUT2D eigenvalue weighted by Crippen LogP contribution is 2.31. The van der Waals surface area contributed by atoms with Crippen LogP contribution in [0.25, 0.3) is 0 Å². The van der Waals surface area contributed by atoms with Gasteiger partial charge in [0.25, 0.3) is 0 Å². The molecule has 0 amide bonds. The van der Waals surface area contributed by atoms with Gasteiger partial charge in [-0.25, -0.2) is 8.78 Å².